The first kappa shape index (κ1) is 13.6. The van der Waals surface area contributed by atoms with Gasteiger partial charge in [0.1, 0.15) is 0 Å². The molecule has 0 atom stereocenters. The van der Waals surface area contributed by atoms with Gasteiger partial charge in [-0.3, -0.25) is 0 Å². The first-order valence-corrected chi connectivity index (χ1v) is 8.59. The fraction of sp³-hybridized carbons (Fsp3) is 1.00. The molecule has 1 aliphatic carbocycles. The Morgan fingerprint density at radius 3 is 2.41 bits per heavy atom. The largest absolute Gasteiger partial charge is 0.381 e. The molecule has 2 aliphatic rings. The third kappa shape index (κ3) is 4.09. The van der Waals surface area contributed by atoms with E-state index in [0.29, 0.717) is 38.8 Å². The van der Waals surface area contributed by atoms with Crippen LogP contribution in [0.15, 0.2) is 0 Å². The molecule has 0 amide bonds. The zero-order chi connectivity index (χ0) is 12.4. The van der Waals surface area contributed by atoms with Crippen molar-refractivity contribution in [3.63, 3.8) is 0 Å². The van der Waals surface area contributed by atoms with E-state index in [1.165, 1.54) is 6.42 Å². The van der Waals surface area contributed by atoms with E-state index < -0.39 is 9.05 Å². The molecule has 1 saturated carbocycles. The number of hydrogen-bond acceptors (Lipinski definition) is 4. The lowest BCUT2D eigenvalue weighted by atomic mass is 9.83. The van der Waals surface area contributed by atoms with Gasteiger partial charge in [0.15, 0.2) is 0 Å². The summed E-state index contributed by atoms with van der Waals surface area (Å²) in [5, 5.41) is 0. The van der Waals surface area contributed by atoms with Crippen molar-refractivity contribution in [3.05, 3.63) is 0 Å². The van der Waals surface area contributed by atoms with Crippen LogP contribution in [0.2, 0.25) is 0 Å². The van der Waals surface area contributed by atoms with Crippen molar-refractivity contribution in [2.45, 2.75) is 38.2 Å². The van der Waals surface area contributed by atoms with Crippen molar-refractivity contribution >= 4 is 19.7 Å². The van der Waals surface area contributed by atoms with E-state index in [9.17, 15) is 8.42 Å². The molecule has 0 aromatic heterocycles. The van der Waals surface area contributed by atoms with Crippen LogP contribution < -0.4 is 0 Å². The van der Waals surface area contributed by atoms with Crippen LogP contribution in [0.5, 0.6) is 0 Å². The highest BCUT2D eigenvalue weighted by atomic mass is 35.7. The van der Waals surface area contributed by atoms with Crippen LogP contribution in [0.3, 0.4) is 0 Å². The van der Waals surface area contributed by atoms with Crippen LogP contribution >= 0.6 is 10.7 Å². The van der Waals surface area contributed by atoms with Crippen LogP contribution in [-0.2, 0) is 18.5 Å². The maximum Gasteiger partial charge on any atom is 0.233 e. The summed E-state index contributed by atoms with van der Waals surface area (Å²) in [5.41, 5.74) is -0.339. The molecule has 1 heterocycles. The van der Waals surface area contributed by atoms with Crippen LogP contribution in [0.4, 0.5) is 0 Å². The standard InChI is InChI=1S/C11H19ClO4S/c12-17(13,14)9-11(4-6-15-7-5-11)8-16-10-2-1-3-10/h10H,1-9H2. The van der Waals surface area contributed by atoms with Crippen molar-refractivity contribution in [3.8, 4) is 0 Å². The summed E-state index contributed by atoms with van der Waals surface area (Å²) in [6.45, 7) is 1.69. The second kappa shape index (κ2) is 5.43. The second-order valence-electron chi connectivity index (χ2n) is 5.16. The fourth-order valence-corrected chi connectivity index (χ4v) is 4.13. The topological polar surface area (TPSA) is 52.6 Å². The Bertz CT molecular complexity index is 344. The molecular weight excluding hydrogens is 264 g/mol. The van der Waals surface area contributed by atoms with E-state index in [0.717, 1.165) is 12.8 Å². The summed E-state index contributed by atoms with van der Waals surface area (Å²) in [6, 6.07) is 0. The predicted molar refractivity (Wildman–Crippen MR) is 65.7 cm³/mol. The van der Waals surface area contributed by atoms with Crippen LogP contribution in [-0.4, -0.2) is 40.1 Å². The van der Waals surface area contributed by atoms with Gasteiger partial charge in [-0.15, -0.1) is 0 Å². The zero-order valence-electron chi connectivity index (χ0n) is 9.86. The molecule has 0 N–H and O–H groups in total. The van der Waals surface area contributed by atoms with Crippen LogP contribution in [0.25, 0.3) is 0 Å². The lowest BCUT2D eigenvalue weighted by Gasteiger charge is -2.38. The summed E-state index contributed by atoms with van der Waals surface area (Å²) in [5.74, 6) is -0.00235. The molecule has 4 nitrogen and oxygen atoms in total. The molecular formula is C11H19ClO4S. The van der Waals surface area contributed by atoms with Gasteiger partial charge in [0.05, 0.1) is 18.5 Å². The number of halogens is 1. The Morgan fingerprint density at radius 1 is 1.29 bits per heavy atom. The van der Waals surface area contributed by atoms with Crippen molar-refractivity contribution < 1.29 is 17.9 Å². The molecule has 2 rings (SSSR count). The summed E-state index contributed by atoms with van der Waals surface area (Å²) in [6.07, 6.45) is 5.17. The van der Waals surface area contributed by atoms with E-state index in [1.807, 2.05) is 0 Å². The lowest BCUT2D eigenvalue weighted by Crippen LogP contribution is -2.41. The summed E-state index contributed by atoms with van der Waals surface area (Å²) >= 11 is 0. The van der Waals surface area contributed by atoms with Gasteiger partial charge in [0.25, 0.3) is 0 Å². The molecule has 0 bridgehead atoms. The molecule has 1 saturated heterocycles. The number of rotatable bonds is 5. The van der Waals surface area contributed by atoms with E-state index in [-0.39, 0.29) is 11.2 Å². The quantitative estimate of drug-likeness (QED) is 0.723. The molecule has 0 aromatic carbocycles. The smallest absolute Gasteiger partial charge is 0.233 e. The normalized spacial score (nSPS) is 25.5. The number of ether oxygens (including phenoxy) is 2. The summed E-state index contributed by atoms with van der Waals surface area (Å²) in [7, 11) is 1.91. The van der Waals surface area contributed by atoms with Gasteiger partial charge in [-0.1, -0.05) is 0 Å². The first-order chi connectivity index (χ1) is 7.99. The Kier molecular flexibility index (Phi) is 4.34. The molecule has 2 fully saturated rings. The van der Waals surface area contributed by atoms with Gasteiger partial charge in [0, 0.05) is 29.3 Å². The molecule has 17 heavy (non-hydrogen) atoms. The highest BCUT2D eigenvalue weighted by molar-refractivity contribution is 8.13. The molecule has 0 radical (unpaired) electrons. The molecule has 0 unspecified atom stereocenters. The first-order valence-electron chi connectivity index (χ1n) is 6.11. The van der Waals surface area contributed by atoms with Gasteiger partial charge in [0.2, 0.25) is 9.05 Å². The minimum absolute atomic E-state index is 0.00235. The minimum atomic E-state index is -3.48. The average Bonchev–Trinajstić information content (AvgIpc) is 2.13. The van der Waals surface area contributed by atoms with Crippen molar-refractivity contribution in [2.24, 2.45) is 5.41 Å². The van der Waals surface area contributed by atoms with Crippen molar-refractivity contribution in [2.75, 3.05) is 25.6 Å². The van der Waals surface area contributed by atoms with Crippen molar-refractivity contribution in [1.29, 1.82) is 0 Å². The monoisotopic (exact) mass is 282 g/mol. The SMILES string of the molecule is O=S(=O)(Cl)CC1(COC2CCC2)CCOCC1. The highest BCUT2D eigenvalue weighted by Gasteiger charge is 2.38. The molecule has 6 heteroatoms. The van der Waals surface area contributed by atoms with E-state index in [2.05, 4.69) is 0 Å². The molecule has 1 aliphatic heterocycles. The Hall–Kier alpha value is 0.160. The van der Waals surface area contributed by atoms with Crippen molar-refractivity contribution in [1.82, 2.24) is 0 Å². The minimum Gasteiger partial charge on any atom is -0.381 e. The fourth-order valence-electron chi connectivity index (χ4n) is 2.33. The molecule has 0 spiro atoms. The lowest BCUT2D eigenvalue weighted by molar-refractivity contribution is -0.0732. The molecule has 100 valence electrons. The van der Waals surface area contributed by atoms with Crippen LogP contribution in [0, 0.1) is 5.41 Å². The Balaban J connectivity index is 1.95. The third-order valence-corrected chi connectivity index (χ3v) is 4.99. The zero-order valence-corrected chi connectivity index (χ0v) is 11.4. The van der Waals surface area contributed by atoms with Gasteiger partial charge in [-0.25, -0.2) is 8.42 Å². The van der Waals surface area contributed by atoms with E-state index >= 15 is 0 Å². The van der Waals surface area contributed by atoms with Gasteiger partial charge in [-0.05, 0) is 32.1 Å². The van der Waals surface area contributed by atoms with Gasteiger partial charge in [-0.2, -0.15) is 0 Å². The number of hydrogen-bond donors (Lipinski definition) is 0. The third-order valence-electron chi connectivity index (χ3n) is 3.71. The average molecular weight is 283 g/mol. The van der Waals surface area contributed by atoms with Crippen LogP contribution in [0.1, 0.15) is 32.1 Å². The van der Waals surface area contributed by atoms with E-state index in [1.54, 1.807) is 0 Å². The predicted octanol–water partition coefficient (Wildman–Crippen LogP) is 1.92. The summed E-state index contributed by atoms with van der Waals surface area (Å²) < 4.78 is 33.7. The van der Waals surface area contributed by atoms with Gasteiger partial charge >= 0.3 is 0 Å². The maximum absolute atomic E-state index is 11.3. The van der Waals surface area contributed by atoms with Gasteiger partial charge < -0.3 is 9.47 Å². The Labute approximate surface area is 107 Å². The molecule has 0 aromatic rings. The maximum atomic E-state index is 11.3. The highest BCUT2D eigenvalue weighted by Crippen LogP contribution is 2.35. The Morgan fingerprint density at radius 2 is 1.94 bits per heavy atom. The summed E-state index contributed by atoms with van der Waals surface area (Å²) in [4.78, 5) is 0. The van der Waals surface area contributed by atoms with E-state index in [4.69, 9.17) is 20.2 Å². The second-order valence-corrected chi connectivity index (χ2v) is 7.94.